The van der Waals surface area contributed by atoms with E-state index in [1.54, 1.807) is 91.0 Å². The van der Waals surface area contributed by atoms with Gasteiger partial charge in [-0.3, -0.25) is 19.2 Å². The van der Waals surface area contributed by atoms with Gasteiger partial charge in [0.1, 0.15) is 18.1 Å². The number of carbonyl (C=O) groups excluding carboxylic acids is 4. The molecular weight excluding hydrogens is 1200 g/mol. The fourth-order valence-corrected chi connectivity index (χ4v) is 13.5. The van der Waals surface area contributed by atoms with E-state index in [4.69, 9.17) is 5.73 Å². The van der Waals surface area contributed by atoms with Gasteiger partial charge in [-0.05, 0) is 127 Å². The molecule has 9 rings (SSSR count). The van der Waals surface area contributed by atoms with Crippen LogP contribution in [0.25, 0.3) is 32.7 Å². The van der Waals surface area contributed by atoms with Gasteiger partial charge in [-0.15, -0.1) is 0 Å². The van der Waals surface area contributed by atoms with Crippen LogP contribution in [0.15, 0.2) is 175 Å². The number of carboxylic acid groups (broad SMARTS) is 3. The van der Waals surface area contributed by atoms with E-state index in [0.717, 1.165) is 14.7 Å². The van der Waals surface area contributed by atoms with Crippen LogP contribution >= 0.6 is 35.3 Å². The second-order valence-electron chi connectivity index (χ2n) is 21.2. The number of nitrogens with one attached hydrogen (secondary N) is 7. The van der Waals surface area contributed by atoms with Crippen LogP contribution in [0.1, 0.15) is 71.9 Å². The molecule has 0 spiro atoms. The molecule has 3 heterocycles. The summed E-state index contributed by atoms with van der Waals surface area (Å²) in [6.45, 7) is -0.579. The predicted molar refractivity (Wildman–Crippen MR) is 338 cm³/mol. The summed E-state index contributed by atoms with van der Waals surface area (Å²) in [6.07, 6.45) is -2.93. The predicted octanol–water partition coefficient (Wildman–Crippen LogP) is 9.09. The van der Waals surface area contributed by atoms with Crippen molar-refractivity contribution < 1.29 is 48.9 Å². The van der Waals surface area contributed by atoms with E-state index < -0.39 is 91.0 Å². The normalized spacial score (nSPS) is 12.8. The average Bonchev–Trinajstić information content (AvgIpc) is 1.83. The Morgan fingerprint density at radius 2 is 0.711 bits per heavy atom. The van der Waals surface area contributed by atoms with Crippen molar-refractivity contribution in [3.63, 3.8) is 0 Å². The average molecular weight is 1260 g/mol. The highest BCUT2D eigenvalue weighted by Gasteiger charge is 2.36. The van der Waals surface area contributed by atoms with Gasteiger partial charge < -0.3 is 57.3 Å². The molecule has 6 aromatic carbocycles. The molecule has 0 fully saturated rings. The number of nitrogens with zero attached hydrogens (tertiary/aromatic N) is 3. The number of benzene rings is 6. The molecule has 456 valence electrons. The van der Waals surface area contributed by atoms with Crippen LogP contribution in [0.5, 0.6) is 0 Å². The quantitative estimate of drug-likeness (QED) is 0.0208. The number of fused-ring (bicyclic) bond motifs is 3. The molecule has 0 aliphatic rings. The zero-order valence-corrected chi connectivity index (χ0v) is 50.5. The summed E-state index contributed by atoms with van der Waals surface area (Å²) in [5.74, 6) is -7.16. The minimum Gasteiger partial charge on any atom is -0.480 e. The number of nitriles is 3. The lowest BCUT2D eigenvalue weighted by atomic mass is 9.82. The summed E-state index contributed by atoms with van der Waals surface area (Å²) in [5.41, 5.74) is 9.47. The molecule has 90 heavy (non-hydrogen) atoms. The standard InChI is InChI=1S/C66H59N11O10S3/c67-34-38-13-19-41(20-14-38)88-60-47(44-7-1-4-10-50(44)74-60)31-53(63(82)83)71-56(78)25-28-66(77-59(81)37-70,29-26-57(79)72-54(64(84)85)32-48-45-8-2-5-11-51(45)75-61(48)89-42-21-15-39(35-68)16-22-42)30-27-58(80)73-55(65(86)87)33-49-46-9-3-6-12-52(46)76-62(49)90-43-23-17-40(36-69)18-24-43/h1-24,53-55,74-76H,25-33,37,70H2,(H,71,78)(H,72,79)(H,73,80)(H,77,81)(H,82,83)(H,84,85)(H,86,87). The van der Waals surface area contributed by atoms with E-state index in [0.29, 0.717) is 81.2 Å². The monoisotopic (exact) mass is 1260 g/mol. The molecule has 0 saturated carbocycles. The molecule has 3 unspecified atom stereocenters. The lowest BCUT2D eigenvalue weighted by molar-refractivity contribution is -0.142. The number of carbonyl (C=O) groups is 7. The summed E-state index contributed by atoms with van der Waals surface area (Å²) in [7, 11) is 0. The number of para-hydroxylation sites is 3. The summed E-state index contributed by atoms with van der Waals surface area (Å²) >= 11 is 3.93. The van der Waals surface area contributed by atoms with Crippen molar-refractivity contribution in [3.05, 3.63) is 179 Å². The molecule has 12 N–H and O–H groups in total. The largest absolute Gasteiger partial charge is 0.480 e. The van der Waals surface area contributed by atoms with Crippen LogP contribution in [0.4, 0.5) is 0 Å². The zero-order valence-electron chi connectivity index (χ0n) is 48.0. The molecule has 0 aliphatic carbocycles. The second kappa shape index (κ2) is 29.6. The SMILES string of the molecule is N#Cc1ccc(Sc2[nH]c3ccccc3c2CC(NC(=O)CCC(CCC(=O)NC(Cc2c(Sc3ccc(C#N)cc3)[nH]c3ccccc23)C(=O)O)(CCC(=O)NC(Cc2c(Sc3ccc(C#N)cc3)[nH]c3ccccc23)C(=O)O)NC(=O)CN)C(=O)O)cc1. The lowest BCUT2D eigenvalue weighted by Crippen LogP contribution is -2.53. The van der Waals surface area contributed by atoms with Gasteiger partial charge in [0.05, 0.1) is 56.5 Å². The molecular formula is C66H59N11O10S3. The third-order valence-electron chi connectivity index (χ3n) is 15.1. The minimum absolute atomic E-state index is 0.184. The van der Waals surface area contributed by atoms with Crippen molar-refractivity contribution in [3.8, 4) is 18.2 Å². The maximum absolute atomic E-state index is 14.3. The smallest absolute Gasteiger partial charge is 0.326 e. The van der Waals surface area contributed by atoms with Crippen LogP contribution in [0.2, 0.25) is 0 Å². The van der Waals surface area contributed by atoms with Crippen molar-refractivity contribution in [2.24, 2.45) is 5.73 Å². The number of aliphatic carboxylic acids is 3. The van der Waals surface area contributed by atoms with E-state index in [1.165, 1.54) is 35.3 Å². The first kappa shape index (κ1) is 64.2. The van der Waals surface area contributed by atoms with Crippen molar-refractivity contribution in [2.45, 2.75) is 111 Å². The Morgan fingerprint density at radius 3 is 0.967 bits per heavy atom. The molecule has 3 atom stereocenters. The maximum atomic E-state index is 14.3. The van der Waals surface area contributed by atoms with Crippen LogP contribution in [-0.4, -0.2) is 102 Å². The molecule has 21 nitrogen and oxygen atoms in total. The highest BCUT2D eigenvalue weighted by atomic mass is 32.2. The highest BCUT2D eigenvalue weighted by molar-refractivity contribution is 7.99. The first-order valence-electron chi connectivity index (χ1n) is 28.3. The molecule has 3 aromatic heterocycles. The van der Waals surface area contributed by atoms with Crippen LogP contribution < -0.4 is 27.0 Å². The fourth-order valence-electron chi connectivity index (χ4n) is 10.5. The minimum atomic E-state index is -1.66. The van der Waals surface area contributed by atoms with Gasteiger partial charge in [-0.2, -0.15) is 15.8 Å². The number of hydrogen-bond acceptors (Lipinski definition) is 14. The zero-order chi connectivity index (χ0) is 63.9. The Hall–Kier alpha value is -10.3. The number of hydrogen-bond donors (Lipinski definition) is 11. The first-order chi connectivity index (χ1) is 43.4. The third kappa shape index (κ3) is 16.3. The number of H-pyrrole nitrogens is 3. The Morgan fingerprint density at radius 1 is 0.433 bits per heavy atom. The van der Waals surface area contributed by atoms with E-state index in [1.807, 2.05) is 54.6 Å². The van der Waals surface area contributed by atoms with E-state index >= 15 is 0 Å². The molecule has 0 bridgehead atoms. The van der Waals surface area contributed by atoms with Crippen LogP contribution in [0, 0.1) is 34.0 Å². The molecule has 0 radical (unpaired) electrons. The van der Waals surface area contributed by atoms with Gasteiger partial charge in [0.15, 0.2) is 0 Å². The molecule has 4 amide bonds. The van der Waals surface area contributed by atoms with E-state index in [2.05, 4.69) is 54.4 Å². The molecule has 24 heteroatoms. The molecule has 0 saturated heterocycles. The number of aromatic amines is 3. The van der Waals surface area contributed by atoms with Crippen molar-refractivity contribution in [1.29, 1.82) is 15.8 Å². The fraction of sp³-hybridized carbons (Fsp3) is 0.212. The van der Waals surface area contributed by atoms with E-state index in [-0.39, 0.29) is 38.5 Å². The second-order valence-corrected chi connectivity index (χ2v) is 24.4. The Labute approximate surface area is 528 Å². The summed E-state index contributed by atoms with van der Waals surface area (Å²) < 4.78 is 0. The van der Waals surface area contributed by atoms with Gasteiger partial charge in [-0.1, -0.05) is 89.9 Å². The number of nitrogens with two attached hydrogens (primary N) is 1. The Kier molecular flexibility index (Phi) is 21.1. The Balaban J connectivity index is 0.967. The van der Waals surface area contributed by atoms with Gasteiger partial charge in [0.25, 0.3) is 0 Å². The van der Waals surface area contributed by atoms with Crippen molar-refractivity contribution in [2.75, 3.05) is 6.54 Å². The number of amides is 4. The Bertz CT molecular complexity index is 3880. The first-order valence-corrected chi connectivity index (χ1v) is 30.8. The molecule has 9 aromatic rings. The number of aromatic nitrogens is 3. The van der Waals surface area contributed by atoms with Gasteiger partial charge >= 0.3 is 17.9 Å². The topological polar surface area (TPSA) is 373 Å². The summed E-state index contributed by atoms with van der Waals surface area (Å²) in [4.78, 5) is 108. The summed E-state index contributed by atoms with van der Waals surface area (Å²) in [6, 6.07) is 44.0. The van der Waals surface area contributed by atoms with Gasteiger partial charge in [0, 0.05) is 91.5 Å². The van der Waals surface area contributed by atoms with Gasteiger partial charge in [-0.25, -0.2) is 14.4 Å². The van der Waals surface area contributed by atoms with Crippen molar-refractivity contribution >= 4 is 110 Å². The highest BCUT2D eigenvalue weighted by Crippen LogP contribution is 2.39. The number of carboxylic acids is 3. The molecule has 0 aliphatic heterocycles. The van der Waals surface area contributed by atoms with Crippen molar-refractivity contribution in [1.82, 2.24) is 36.2 Å². The number of rotatable bonds is 29. The van der Waals surface area contributed by atoms with Gasteiger partial charge in [0.2, 0.25) is 23.6 Å². The van der Waals surface area contributed by atoms with Crippen LogP contribution in [0.3, 0.4) is 0 Å². The lowest BCUT2D eigenvalue weighted by Gasteiger charge is -2.35. The van der Waals surface area contributed by atoms with E-state index in [9.17, 15) is 64.7 Å². The maximum Gasteiger partial charge on any atom is 0.326 e. The summed E-state index contributed by atoms with van der Waals surface area (Å²) in [5, 5.41) is 74.7. The van der Waals surface area contributed by atoms with Crippen LogP contribution in [-0.2, 0) is 52.8 Å². The third-order valence-corrected chi connectivity index (χ3v) is 18.3.